The van der Waals surface area contributed by atoms with Gasteiger partial charge >= 0.3 is 0 Å². The summed E-state index contributed by atoms with van der Waals surface area (Å²) in [6.07, 6.45) is 0.204. The topological polar surface area (TPSA) is 30.8 Å². The molecule has 3 nitrogen and oxygen atoms in total. The quantitative estimate of drug-likeness (QED) is 0.679. The number of rotatable bonds is 5. The lowest BCUT2D eigenvalue weighted by molar-refractivity contribution is 0.395. The summed E-state index contributed by atoms with van der Waals surface area (Å²) in [5.41, 5.74) is -0.0770. The second kappa shape index (κ2) is 7.57. The summed E-state index contributed by atoms with van der Waals surface area (Å²) < 4.78 is 51.4. The molecule has 0 heterocycles. The molecular formula is C17H15ClF3NO2. The fourth-order valence-electron chi connectivity index (χ4n) is 2.18. The third-order valence-corrected chi connectivity index (χ3v) is 3.71. The predicted octanol–water partition coefficient (Wildman–Crippen LogP) is 5.31. The molecule has 7 heteroatoms. The van der Waals surface area contributed by atoms with E-state index in [-0.39, 0.29) is 22.8 Å². The van der Waals surface area contributed by atoms with E-state index in [1.165, 1.54) is 20.3 Å². The van der Waals surface area contributed by atoms with E-state index in [0.717, 1.165) is 0 Å². The van der Waals surface area contributed by atoms with Gasteiger partial charge in [-0.25, -0.2) is 13.2 Å². The van der Waals surface area contributed by atoms with Crippen molar-refractivity contribution in [3.05, 3.63) is 52.3 Å². The lowest BCUT2D eigenvalue weighted by atomic mass is 10.1. The molecule has 128 valence electrons. The Morgan fingerprint density at radius 2 is 1.67 bits per heavy atom. The molecule has 2 rings (SSSR count). The Morgan fingerprint density at radius 1 is 1.04 bits per heavy atom. The largest absolute Gasteiger partial charge is 0.497 e. The van der Waals surface area contributed by atoms with Gasteiger partial charge < -0.3 is 9.47 Å². The van der Waals surface area contributed by atoms with Gasteiger partial charge in [-0.3, -0.25) is 4.99 Å². The van der Waals surface area contributed by atoms with Crippen molar-refractivity contribution in [3.63, 3.8) is 0 Å². The van der Waals surface area contributed by atoms with Gasteiger partial charge in [0.05, 0.1) is 31.2 Å². The van der Waals surface area contributed by atoms with Crippen molar-refractivity contribution in [2.45, 2.75) is 13.3 Å². The van der Waals surface area contributed by atoms with Crippen LogP contribution in [0, 0.1) is 17.5 Å². The molecule has 0 saturated carbocycles. The Labute approximate surface area is 142 Å². The first-order chi connectivity index (χ1) is 11.4. The van der Waals surface area contributed by atoms with Crippen molar-refractivity contribution in [1.29, 1.82) is 0 Å². The maximum absolute atomic E-state index is 14.0. The van der Waals surface area contributed by atoms with E-state index in [1.807, 2.05) is 0 Å². The zero-order valence-corrected chi connectivity index (χ0v) is 14.0. The van der Waals surface area contributed by atoms with E-state index in [1.54, 1.807) is 13.0 Å². The zero-order valence-electron chi connectivity index (χ0n) is 13.3. The molecule has 0 aliphatic rings. The molecule has 0 spiro atoms. The smallest absolute Gasteiger partial charge is 0.143 e. The van der Waals surface area contributed by atoms with Gasteiger partial charge in [-0.05, 0) is 6.42 Å². The first-order valence-electron chi connectivity index (χ1n) is 7.05. The average molecular weight is 358 g/mol. The van der Waals surface area contributed by atoms with E-state index >= 15 is 0 Å². The highest BCUT2D eigenvalue weighted by atomic mass is 35.5. The van der Waals surface area contributed by atoms with Crippen LogP contribution in [-0.2, 0) is 0 Å². The third-order valence-electron chi connectivity index (χ3n) is 3.33. The SMILES string of the molecule is CC/C(=N/c1cc(OC)cc(OC)c1Cl)c1c(F)cc(F)cc1F. The lowest BCUT2D eigenvalue weighted by Gasteiger charge is -2.11. The van der Waals surface area contributed by atoms with Gasteiger partial charge in [0.1, 0.15) is 34.0 Å². The minimum atomic E-state index is -1.03. The van der Waals surface area contributed by atoms with E-state index < -0.39 is 23.0 Å². The molecule has 2 aromatic rings. The number of hydrogen-bond acceptors (Lipinski definition) is 3. The summed E-state index contributed by atoms with van der Waals surface area (Å²) in [5, 5.41) is 0.173. The van der Waals surface area contributed by atoms with Gasteiger partial charge in [0.15, 0.2) is 0 Å². The molecule has 0 bridgehead atoms. The molecule has 0 aliphatic carbocycles. The molecule has 0 saturated heterocycles. The van der Waals surface area contributed by atoms with Crippen LogP contribution in [0.15, 0.2) is 29.3 Å². The summed E-state index contributed by atoms with van der Waals surface area (Å²) in [4.78, 5) is 4.24. The second-order valence-corrected chi connectivity index (χ2v) is 5.20. The van der Waals surface area contributed by atoms with Gasteiger partial charge in [0.25, 0.3) is 0 Å². The Hall–Kier alpha value is -2.21. The molecule has 2 aromatic carbocycles. The summed E-state index contributed by atoms with van der Waals surface area (Å²) in [7, 11) is 2.88. The molecule has 0 N–H and O–H groups in total. The van der Waals surface area contributed by atoms with Crippen LogP contribution < -0.4 is 9.47 Å². The second-order valence-electron chi connectivity index (χ2n) is 4.82. The predicted molar refractivity (Wildman–Crippen MR) is 87.4 cm³/mol. The number of methoxy groups -OCH3 is 2. The van der Waals surface area contributed by atoms with Gasteiger partial charge in [0, 0.05) is 24.3 Å². The summed E-state index contributed by atoms with van der Waals surface area (Å²) in [6.45, 7) is 1.67. The van der Waals surface area contributed by atoms with E-state index in [2.05, 4.69) is 4.99 Å². The average Bonchev–Trinajstić information content (AvgIpc) is 2.54. The van der Waals surface area contributed by atoms with Crippen LogP contribution in [0.25, 0.3) is 0 Å². The van der Waals surface area contributed by atoms with Crippen LogP contribution in [0.4, 0.5) is 18.9 Å². The van der Waals surface area contributed by atoms with Gasteiger partial charge in [-0.15, -0.1) is 0 Å². The first-order valence-corrected chi connectivity index (χ1v) is 7.43. The maximum atomic E-state index is 14.0. The monoisotopic (exact) mass is 357 g/mol. The van der Waals surface area contributed by atoms with E-state index in [4.69, 9.17) is 21.1 Å². The van der Waals surface area contributed by atoms with Crippen molar-refractivity contribution in [1.82, 2.24) is 0 Å². The number of nitrogens with zero attached hydrogens (tertiary/aromatic N) is 1. The molecule has 0 unspecified atom stereocenters. The number of aliphatic imine (C=N–C) groups is 1. The Bertz CT molecular complexity index is 771. The number of halogens is 4. The standard InChI is InChI=1S/C17H15ClF3NO2/c1-4-13(16-11(20)5-9(19)6-12(16)21)22-14-7-10(23-2)8-15(24-3)17(14)18/h5-8H,4H2,1-3H3/b22-13-. The molecule has 0 amide bonds. The number of ether oxygens (including phenoxy) is 2. The van der Waals surface area contributed by atoms with Gasteiger partial charge in [-0.2, -0.15) is 0 Å². The molecule has 0 aromatic heterocycles. The highest BCUT2D eigenvalue weighted by molar-refractivity contribution is 6.34. The minimum absolute atomic E-state index is 0.0854. The molecule has 0 aliphatic heterocycles. The summed E-state index contributed by atoms with van der Waals surface area (Å²) >= 11 is 6.20. The highest BCUT2D eigenvalue weighted by Crippen LogP contribution is 2.39. The van der Waals surface area contributed by atoms with Crippen LogP contribution in [0.3, 0.4) is 0 Å². The van der Waals surface area contributed by atoms with Crippen LogP contribution in [-0.4, -0.2) is 19.9 Å². The number of benzene rings is 2. The van der Waals surface area contributed by atoms with Gasteiger partial charge in [0.2, 0.25) is 0 Å². The lowest BCUT2D eigenvalue weighted by Crippen LogP contribution is -2.07. The van der Waals surface area contributed by atoms with Gasteiger partial charge in [-0.1, -0.05) is 18.5 Å². The van der Waals surface area contributed by atoms with Crippen molar-refractivity contribution < 1.29 is 22.6 Å². The Balaban J connectivity index is 2.64. The van der Waals surface area contributed by atoms with Crippen LogP contribution >= 0.6 is 11.6 Å². The van der Waals surface area contributed by atoms with Crippen molar-refractivity contribution in [3.8, 4) is 11.5 Å². The third kappa shape index (κ3) is 3.64. The van der Waals surface area contributed by atoms with Crippen LogP contribution in [0.1, 0.15) is 18.9 Å². The number of hydrogen-bond donors (Lipinski definition) is 0. The minimum Gasteiger partial charge on any atom is -0.497 e. The molecule has 0 atom stereocenters. The summed E-state index contributed by atoms with van der Waals surface area (Å²) in [5.74, 6) is -2.32. The molecule has 24 heavy (non-hydrogen) atoms. The molecule has 0 fully saturated rings. The maximum Gasteiger partial charge on any atom is 0.143 e. The Morgan fingerprint density at radius 3 is 2.17 bits per heavy atom. The Kier molecular flexibility index (Phi) is 5.72. The van der Waals surface area contributed by atoms with Crippen molar-refractivity contribution in [2.75, 3.05) is 14.2 Å². The molecule has 0 radical (unpaired) electrons. The fraction of sp³-hybridized carbons (Fsp3) is 0.235. The summed E-state index contributed by atoms with van der Waals surface area (Å²) in [6, 6.07) is 4.29. The van der Waals surface area contributed by atoms with Crippen LogP contribution in [0.2, 0.25) is 5.02 Å². The van der Waals surface area contributed by atoms with Crippen LogP contribution in [0.5, 0.6) is 11.5 Å². The highest BCUT2D eigenvalue weighted by Gasteiger charge is 2.18. The van der Waals surface area contributed by atoms with E-state index in [0.29, 0.717) is 23.6 Å². The normalized spacial score (nSPS) is 11.5. The fourth-order valence-corrected chi connectivity index (χ4v) is 2.41. The van der Waals surface area contributed by atoms with Crippen molar-refractivity contribution >= 4 is 23.0 Å². The zero-order chi connectivity index (χ0) is 17.9. The molecular weight excluding hydrogens is 343 g/mol. The first kappa shape index (κ1) is 18.1. The van der Waals surface area contributed by atoms with E-state index in [9.17, 15) is 13.2 Å². The van der Waals surface area contributed by atoms with Crippen molar-refractivity contribution in [2.24, 2.45) is 4.99 Å².